The molecule has 1 aromatic heterocycles. The maximum absolute atomic E-state index is 13.1. The smallest absolute Gasteiger partial charge is 0.314 e. The molecule has 4 heterocycles. The molecule has 3 unspecified atom stereocenters. The van der Waals surface area contributed by atoms with Crippen LogP contribution < -0.4 is 11.1 Å². The molecule has 3 atom stereocenters. The van der Waals surface area contributed by atoms with Crippen molar-refractivity contribution < 1.29 is 9.59 Å². The second-order valence-electron chi connectivity index (χ2n) is 13.4. The van der Waals surface area contributed by atoms with Gasteiger partial charge in [0.15, 0.2) is 0 Å². The zero-order valence-electron chi connectivity index (χ0n) is 25.3. The Morgan fingerprint density at radius 3 is 2.47 bits per heavy atom. The summed E-state index contributed by atoms with van der Waals surface area (Å²) in [5.74, 6) is 2.26. The number of hydrogen-bond acceptors (Lipinski definition) is 4. The fourth-order valence-corrected chi connectivity index (χ4v) is 9.04. The van der Waals surface area contributed by atoms with Gasteiger partial charge in [0.1, 0.15) is 0 Å². The van der Waals surface area contributed by atoms with Gasteiger partial charge in [0.25, 0.3) is 0 Å². The first-order valence-electron chi connectivity index (χ1n) is 16.3. The number of carbonyl (C=O) groups is 2. The molecule has 9 heteroatoms. The predicted molar refractivity (Wildman–Crippen MR) is 174 cm³/mol. The average molecular weight is 671 g/mol. The van der Waals surface area contributed by atoms with Crippen LogP contribution in [0.2, 0.25) is 5.02 Å². The summed E-state index contributed by atoms with van der Waals surface area (Å²) in [4.78, 5) is 33.2. The van der Waals surface area contributed by atoms with Gasteiger partial charge in [-0.25, -0.2) is 4.79 Å². The molecule has 7 nitrogen and oxygen atoms in total. The van der Waals surface area contributed by atoms with Crippen molar-refractivity contribution >= 4 is 39.5 Å². The van der Waals surface area contributed by atoms with Crippen molar-refractivity contribution in [1.29, 1.82) is 0 Å². The number of urea groups is 1. The number of nitrogens with two attached hydrogens (primary N) is 1. The molecule has 3 amide bonds. The fraction of sp³-hybridized carbons (Fsp3) is 0.618. The minimum absolute atomic E-state index is 0.241. The molecule has 1 aromatic carbocycles. The largest absolute Gasteiger partial charge is 0.351 e. The van der Waals surface area contributed by atoms with Gasteiger partial charge in [-0.2, -0.15) is 0 Å². The molecular formula is C34H45BrClN5O2. The van der Waals surface area contributed by atoms with E-state index in [-0.39, 0.29) is 11.9 Å². The van der Waals surface area contributed by atoms with E-state index >= 15 is 0 Å². The standard InChI is InChI=1S/C34H45BrClN5O2/c1-21-32-25(2-3-26-15-28(35)20-39-33(21)26)16-29(36)17-27(32)19-30-18-24(4-9-38-30)23-7-12-40(13-8-23)31(42)14-22-5-10-41(11-6-22)34(37)43/h15-17,20-24,30,38H,2-14,18-19H2,1H3,(H2,37,43). The van der Waals surface area contributed by atoms with E-state index in [0.717, 1.165) is 74.1 Å². The van der Waals surface area contributed by atoms with Gasteiger partial charge >= 0.3 is 6.03 Å². The van der Waals surface area contributed by atoms with E-state index in [2.05, 4.69) is 51.3 Å². The third-order valence-corrected chi connectivity index (χ3v) is 11.4. The Morgan fingerprint density at radius 1 is 1.00 bits per heavy atom. The Morgan fingerprint density at radius 2 is 1.72 bits per heavy atom. The number of rotatable bonds is 5. The topological polar surface area (TPSA) is 91.6 Å². The number of pyridine rings is 1. The van der Waals surface area contributed by atoms with Gasteiger partial charge in [0.2, 0.25) is 5.91 Å². The van der Waals surface area contributed by atoms with E-state index in [1.54, 1.807) is 4.90 Å². The highest BCUT2D eigenvalue weighted by atomic mass is 79.9. The molecule has 3 fully saturated rings. The first-order chi connectivity index (χ1) is 20.7. The zero-order valence-corrected chi connectivity index (χ0v) is 27.6. The molecule has 0 radical (unpaired) electrons. The summed E-state index contributed by atoms with van der Waals surface area (Å²) >= 11 is 10.3. The summed E-state index contributed by atoms with van der Waals surface area (Å²) in [5.41, 5.74) is 12.1. The number of nitrogens with zero attached hydrogens (tertiary/aromatic N) is 3. The number of fused-ring (bicyclic) bond motifs is 2. The second kappa shape index (κ2) is 13.5. The van der Waals surface area contributed by atoms with Crippen LogP contribution in [-0.2, 0) is 24.1 Å². The highest BCUT2D eigenvalue weighted by Gasteiger charge is 2.34. The summed E-state index contributed by atoms with van der Waals surface area (Å²) in [7, 11) is 0. The Kier molecular flexibility index (Phi) is 9.65. The first-order valence-corrected chi connectivity index (χ1v) is 17.4. The summed E-state index contributed by atoms with van der Waals surface area (Å²) in [6.07, 6.45) is 11.8. The lowest BCUT2D eigenvalue weighted by Crippen LogP contribution is -2.46. The van der Waals surface area contributed by atoms with Crippen molar-refractivity contribution in [2.75, 3.05) is 32.7 Å². The van der Waals surface area contributed by atoms with E-state index in [0.29, 0.717) is 49.2 Å². The van der Waals surface area contributed by atoms with Crippen LogP contribution in [0.5, 0.6) is 0 Å². The van der Waals surface area contributed by atoms with Gasteiger partial charge in [-0.3, -0.25) is 9.78 Å². The summed E-state index contributed by atoms with van der Waals surface area (Å²) < 4.78 is 1.04. The van der Waals surface area contributed by atoms with Gasteiger partial charge in [0, 0.05) is 60.3 Å². The monoisotopic (exact) mass is 669 g/mol. The minimum Gasteiger partial charge on any atom is -0.351 e. The molecule has 43 heavy (non-hydrogen) atoms. The number of aryl methyl sites for hydroxylation is 2. The lowest BCUT2D eigenvalue weighted by Gasteiger charge is -2.40. The summed E-state index contributed by atoms with van der Waals surface area (Å²) in [6, 6.07) is 6.69. The number of carbonyl (C=O) groups excluding carboxylic acids is 2. The third kappa shape index (κ3) is 7.07. The van der Waals surface area contributed by atoms with E-state index in [4.69, 9.17) is 22.3 Å². The van der Waals surface area contributed by atoms with Crippen molar-refractivity contribution in [2.24, 2.45) is 23.5 Å². The van der Waals surface area contributed by atoms with Gasteiger partial charge < -0.3 is 20.9 Å². The maximum Gasteiger partial charge on any atom is 0.314 e. The number of nitrogens with one attached hydrogen (secondary N) is 1. The number of benzene rings is 1. The lowest BCUT2D eigenvalue weighted by atomic mass is 9.75. The number of aromatic nitrogens is 1. The van der Waals surface area contributed by atoms with Crippen molar-refractivity contribution in [1.82, 2.24) is 20.1 Å². The Hall–Kier alpha value is -2.16. The van der Waals surface area contributed by atoms with Crippen LogP contribution in [0, 0.1) is 17.8 Å². The quantitative estimate of drug-likeness (QED) is 0.404. The molecule has 0 bridgehead atoms. The van der Waals surface area contributed by atoms with Crippen molar-refractivity contribution in [3.63, 3.8) is 0 Å². The van der Waals surface area contributed by atoms with Crippen LogP contribution in [0.4, 0.5) is 4.79 Å². The van der Waals surface area contributed by atoms with Crippen LogP contribution in [0.25, 0.3) is 0 Å². The Bertz CT molecular complexity index is 1340. The van der Waals surface area contributed by atoms with E-state index in [1.807, 2.05) is 6.20 Å². The number of hydrogen-bond donors (Lipinski definition) is 2. The predicted octanol–water partition coefficient (Wildman–Crippen LogP) is 6.08. The SMILES string of the molecule is CC1c2ncc(Br)cc2CCc2cc(Cl)cc(CC3CC(C4CCN(C(=O)CC5CCN(C(N)=O)CC5)CC4)CCN3)c21. The third-order valence-electron chi connectivity index (χ3n) is 10.7. The van der Waals surface area contributed by atoms with Crippen LogP contribution in [0.15, 0.2) is 28.9 Å². The molecule has 3 saturated heterocycles. The number of likely N-dealkylation sites (tertiary alicyclic amines) is 2. The van der Waals surface area contributed by atoms with Crippen LogP contribution >= 0.6 is 27.5 Å². The van der Waals surface area contributed by atoms with E-state index < -0.39 is 0 Å². The normalized spacial score (nSPS) is 25.1. The number of amides is 3. The van der Waals surface area contributed by atoms with Gasteiger partial charge in [-0.05, 0) is 138 Å². The van der Waals surface area contributed by atoms with Crippen molar-refractivity contribution in [3.8, 4) is 0 Å². The molecule has 232 valence electrons. The van der Waals surface area contributed by atoms with Crippen LogP contribution in [-0.4, -0.2) is 65.5 Å². The van der Waals surface area contributed by atoms with Crippen molar-refractivity contribution in [3.05, 3.63) is 61.8 Å². The van der Waals surface area contributed by atoms with E-state index in [9.17, 15) is 9.59 Å². The number of halogens is 2. The van der Waals surface area contributed by atoms with Gasteiger partial charge in [0.05, 0.1) is 5.69 Å². The lowest BCUT2D eigenvalue weighted by molar-refractivity contribution is -0.134. The molecular weight excluding hydrogens is 626 g/mol. The molecule has 3 aliphatic heterocycles. The molecule has 0 spiro atoms. The number of piperidine rings is 3. The summed E-state index contributed by atoms with van der Waals surface area (Å²) in [6.45, 7) is 6.45. The molecule has 0 saturated carbocycles. The highest BCUT2D eigenvalue weighted by Crippen LogP contribution is 2.39. The van der Waals surface area contributed by atoms with E-state index in [1.165, 1.54) is 40.8 Å². The van der Waals surface area contributed by atoms with Crippen molar-refractivity contribution in [2.45, 2.75) is 83.1 Å². The minimum atomic E-state index is -0.347. The maximum atomic E-state index is 13.1. The molecule has 6 rings (SSSR count). The second-order valence-corrected chi connectivity index (χ2v) is 14.7. The molecule has 2 aromatic rings. The average Bonchev–Trinajstić information content (AvgIpc) is 3.13. The summed E-state index contributed by atoms with van der Waals surface area (Å²) in [5, 5.41) is 4.68. The van der Waals surface area contributed by atoms with Crippen LogP contribution in [0.3, 0.4) is 0 Å². The molecule has 4 aliphatic rings. The van der Waals surface area contributed by atoms with Gasteiger partial charge in [-0.1, -0.05) is 18.5 Å². The Labute approximate surface area is 269 Å². The molecule has 3 N–H and O–H groups in total. The first kappa shape index (κ1) is 30.8. The zero-order chi connectivity index (χ0) is 30.1. The van der Waals surface area contributed by atoms with Crippen LogP contribution in [0.1, 0.15) is 85.7 Å². The molecule has 1 aliphatic carbocycles. The highest BCUT2D eigenvalue weighted by molar-refractivity contribution is 9.10. The van der Waals surface area contributed by atoms with Gasteiger partial charge in [-0.15, -0.1) is 0 Å². The fourth-order valence-electron chi connectivity index (χ4n) is 8.40. The Balaban J connectivity index is 1.05. The number of primary amides is 1.